The molecule has 0 radical (unpaired) electrons. The molecule has 1 fully saturated rings. The van der Waals surface area contributed by atoms with Crippen molar-refractivity contribution in [2.24, 2.45) is 0 Å². The summed E-state index contributed by atoms with van der Waals surface area (Å²) in [5.41, 5.74) is 3.88. The van der Waals surface area contributed by atoms with Crippen LogP contribution in [0, 0.1) is 0 Å². The molecule has 2 unspecified atom stereocenters. The number of piperazine rings is 1. The number of anilines is 1. The maximum atomic E-state index is 14.4. The van der Waals surface area contributed by atoms with E-state index in [1.165, 1.54) is 4.57 Å². The lowest BCUT2D eigenvalue weighted by Crippen LogP contribution is -2.59. The fraction of sp³-hybridized carbons (Fsp3) is 0.459. The number of rotatable bonds is 6. The Morgan fingerprint density at radius 2 is 1.64 bits per heavy atom. The van der Waals surface area contributed by atoms with Crippen LogP contribution in [0.5, 0.6) is 0 Å². The van der Waals surface area contributed by atoms with Gasteiger partial charge < -0.3 is 19.6 Å². The Hall–Kier alpha value is -3.95. The summed E-state index contributed by atoms with van der Waals surface area (Å²) in [6.07, 6.45) is -0.371. The van der Waals surface area contributed by atoms with Crippen LogP contribution in [-0.4, -0.2) is 61.4 Å². The number of aliphatic hydroxyl groups excluding tert-OH is 1. The molecule has 9 nitrogen and oxygen atoms in total. The molecule has 5 rings (SSSR count). The van der Waals surface area contributed by atoms with Gasteiger partial charge in [0.1, 0.15) is 11.4 Å². The Labute approximate surface area is 282 Å². The summed E-state index contributed by atoms with van der Waals surface area (Å²) in [7, 11) is 0. The number of ether oxygens (including phenoxy) is 1. The summed E-state index contributed by atoms with van der Waals surface area (Å²) in [6.45, 7) is 18.4. The third-order valence-electron chi connectivity index (χ3n) is 8.69. The first-order valence-corrected chi connectivity index (χ1v) is 16.7. The first-order chi connectivity index (χ1) is 22.1. The van der Waals surface area contributed by atoms with Crippen LogP contribution in [0.4, 0.5) is 10.6 Å². The van der Waals surface area contributed by atoms with Gasteiger partial charge in [-0.25, -0.2) is 19.1 Å². The summed E-state index contributed by atoms with van der Waals surface area (Å²) in [4.78, 5) is 41.1. The van der Waals surface area contributed by atoms with Crippen LogP contribution in [0.2, 0.25) is 5.02 Å². The van der Waals surface area contributed by atoms with Crippen molar-refractivity contribution in [3.63, 3.8) is 0 Å². The first kappa shape index (κ1) is 34.4. The maximum Gasteiger partial charge on any atom is 0.410 e. The third kappa shape index (κ3) is 6.74. The Morgan fingerprint density at radius 1 is 0.979 bits per heavy atom. The van der Waals surface area contributed by atoms with Crippen LogP contribution in [0.1, 0.15) is 90.8 Å². The lowest BCUT2D eigenvalue weighted by molar-refractivity contribution is 0.0130. The van der Waals surface area contributed by atoms with Crippen molar-refractivity contribution in [2.45, 2.75) is 98.4 Å². The number of benzene rings is 2. The average molecular weight is 660 g/mol. The minimum atomic E-state index is -0.618. The van der Waals surface area contributed by atoms with Crippen molar-refractivity contribution in [2.75, 3.05) is 18.0 Å². The second kappa shape index (κ2) is 13.3. The summed E-state index contributed by atoms with van der Waals surface area (Å²) in [5, 5.41) is 11.5. The van der Waals surface area contributed by atoms with Gasteiger partial charge in [0, 0.05) is 36.3 Å². The molecule has 4 aromatic rings. The predicted molar refractivity (Wildman–Crippen MR) is 189 cm³/mol. The number of aromatic nitrogens is 3. The van der Waals surface area contributed by atoms with E-state index in [9.17, 15) is 14.7 Å². The molecule has 2 aromatic heterocycles. The highest BCUT2D eigenvalue weighted by Crippen LogP contribution is 2.38. The highest BCUT2D eigenvalue weighted by Gasteiger charge is 2.36. The van der Waals surface area contributed by atoms with Gasteiger partial charge in [-0.1, -0.05) is 81.8 Å². The number of hydrogen-bond donors (Lipinski definition) is 1. The molecule has 1 saturated heterocycles. The van der Waals surface area contributed by atoms with Crippen molar-refractivity contribution >= 4 is 34.5 Å². The van der Waals surface area contributed by atoms with Crippen molar-refractivity contribution in [3.8, 4) is 16.9 Å². The van der Waals surface area contributed by atoms with Gasteiger partial charge in [0.05, 0.1) is 28.4 Å². The van der Waals surface area contributed by atoms with E-state index in [2.05, 4.69) is 38.7 Å². The van der Waals surface area contributed by atoms with E-state index >= 15 is 0 Å². The van der Waals surface area contributed by atoms with E-state index in [0.29, 0.717) is 51.9 Å². The highest BCUT2D eigenvalue weighted by atomic mass is 35.5. The Morgan fingerprint density at radius 3 is 2.28 bits per heavy atom. The minimum absolute atomic E-state index is 0.0494. The fourth-order valence-corrected chi connectivity index (χ4v) is 6.66. The average Bonchev–Trinajstić information content (AvgIpc) is 3.00. The van der Waals surface area contributed by atoms with Crippen LogP contribution >= 0.6 is 11.6 Å². The first-order valence-electron chi connectivity index (χ1n) is 16.3. The quantitative estimate of drug-likeness (QED) is 0.227. The van der Waals surface area contributed by atoms with Gasteiger partial charge in [-0.2, -0.15) is 4.98 Å². The predicted octanol–water partition coefficient (Wildman–Crippen LogP) is 7.67. The third-order valence-corrected chi connectivity index (χ3v) is 8.98. The van der Waals surface area contributed by atoms with Gasteiger partial charge in [0.25, 0.3) is 0 Å². The molecule has 3 heterocycles. The monoisotopic (exact) mass is 659 g/mol. The van der Waals surface area contributed by atoms with Crippen LogP contribution in [0.25, 0.3) is 28.0 Å². The largest absolute Gasteiger partial charge is 0.444 e. The smallest absolute Gasteiger partial charge is 0.410 e. The van der Waals surface area contributed by atoms with Gasteiger partial charge in [-0.05, 0) is 63.6 Å². The van der Waals surface area contributed by atoms with Gasteiger partial charge >= 0.3 is 11.8 Å². The van der Waals surface area contributed by atoms with Gasteiger partial charge in [0.2, 0.25) is 0 Å². The number of carbonyl (C=O) groups excluding carboxylic acids is 1. The fourth-order valence-electron chi connectivity index (χ4n) is 6.41. The number of fused-ring (bicyclic) bond motifs is 1. The van der Waals surface area contributed by atoms with Gasteiger partial charge in [-0.3, -0.25) is 0 Å². The Balaban J connectivity index is 1.78. The second-order valence-corrected chi connectivity index (χ2v) is 14.5. The van der Waals surface area contributed by atoms with E-state index in [-0.39, 0.29) is 36.6 Å². The summed E-state index contributed by atoms with van der Waals surface area (Å²) >= 11 is 7.09. The number of aliphatic hydroxyl groups is 1. The van der Waals surface area contributed by atoms with Crippen molar-refractivity contribution in [1.29, 1.82) is 0 Å². The molecular weight excluding hydrogens is 614 g/mol. The molecule has 1 N–H and O–H groups in total. The molecule has 0 spiro atoms. The number of halogens is 1. The van der Waals surface area contributed by atoms with E-state index in [0.717, 1.165) is 16.7 Å². The zero-order chi connectivity index (χ0) is 34.4. The number of amides is 1. The molecule has 1 aliphatic rings. The second-order valence-electron chi connectivity index (χ2n) is 14.1. The van der Waals surface area contributed by atoms with Gasteiger partial charge in [-0.15, -0.1) is 0 Å². The summed E-state index contributed by atoms with van der Waals surface area (Å²) in [6, 6.07) is 15.1. The molecule has 0 bridgehead atoms. The molecule has 0 aliphatic carbocycles. The van der Waals surface area contributed by atoms with E-state index in [4.69, 9.17) is 26.3 Å². The van der Waals surface area contributed by atoms with E-state index in [1.807, 2.05) is 77.1 Å². The standard InChI is InChI=1S/C37H46ClN5O4/c1-21(2)26-14-10-11-15-28(26)31-30(38)17-29-33(41-18-24(6)42(19-23(41)5)36(46)47-37(7,8)9)40-35(45)43(34(29)39-31)32-25(20-44)13-12-16-27(32)22(3)4/h10-17,21-24,44H,18-20H2,1-9H3. The lowest BCUT2D eigenvalue weighted by atomic mass is 9.95. The molecule has 250 valence electrons. The molecule has 1 aliphatic heterocycles. The van der Waals surface area contributed by atoms with E-state index < -0.39 is 11.3 Å². The number of carbonyl (C=O) groups is 1. The molecule has 47 heavy (non-hydrogen) atoms. The number of hydrogen-bond acceptors (Lipinski definition) is 7. The SMILES string of the molecule is CC(C)c1ccccc1-c1nc2c(cc1Cl)c(N1CC(C)N(C(=O)OC(C)(C)C)CC1C)nc(=O)n2-c1c(CO)cccc1C(C)C. The lowest BCUT2D eigenvalue weighted by Gasteiger charge is -2.44. The maximum absolute atomic E-state index is 14.4. The minimum Gasteiger partial charge on any atom is -0.444 e. The van der Waals surface area contributed by atoms with Crippen molar-refractivity contribution in [1.82, 2.24) is 19.4 Å². The van der Waals surface area contributed by atoms with E-state index in [1.54, 1.807) is 4.90 Å². The number of para-hydroxylation sites is 1. The normalized spacial score (nSPS) is 17.2. The van der Waals surface area contributed by atoms with Crippen LogP contribution < -0.4 is 10.6 Å². The topological polar surface area (TPSA) is 101 Å². The number of nitrogens with zero attached hydrogens (tertiary/aromatic N) is 5. The summed E-state index contributed by atoms with van der Waals surface area (Å²) < 4.78 is 7.22. The highest BCUT2D eigenvalue weighted by molar-refractivity contribution is 6.34. The Kier molecular flexibility index (Phi) is 9.71. The molecule has 10 heteroatoms. The molecule has 2 atom stereocenters. The molecular formula is C37H46ClN5O4. The van der Waals surface area contributed by atoms with Crippen molar-refractivity contribution in [3.05, 3.63) is 80.7 Å². The molecule has 1 amide bonds. The molecule has 0 saturated carbocycles. The van der Waals surface area contributed by atoms with Crippen LogP contribution in [0.3, 0.4) is 0 Å². The van der Waals surface area contributed by atoms with Crippen LogP contribution in [0.15, 0.2) is 53.3 Å². The zero-order valence-corrected chi connectivity index (χ0v) is 29.6. The number of pyridine rings is 1. The van der Waals surface area contributed by atoms with Crippen LogP contribution in [-0.2, 0) is 11.3 Å². The zero-order valence-electron chi connectivity index (χ0n) is 28.8. The van der Waals surface area contributed by atoms with Crippen molar-refractivity contribution < 1.29 is 14.6 Å². The Bertz CT molecular complexity index is 1860. The molecule has 2 aromatic carbocycles. The summed E-state index contributed by atoms with van der Waals surface area (Å²) in [5.74, 6) is 0.713. The van der Waals surface area contributed by atoms with Gasteiger partial charge in [0.15, 0.2) is 5.65 Å².